The van der Waals surface area contributed by atoms with E-state index in [0.29, 0.717) is 10.6 Å². The van der Waals surface area contributed by atoms with Gasteiger partial charge in [0.25, 0.3) is 0 Å². The van der Waals surface area contributed by atoms with Crippen molar-refractivity contribution < 1.29 is 4.79 Å². The third-order valence-electron chi connectivity index (χ3n) is 1.90. The van der Waals surface area contributed by atoms with E-state index in [1.165, 1.54) is 11.3 Å². The predicted octanol–water partition coefficient (Wildman–Crippen LogP) is 4.40. The highest BCUT2D eigenvalue weighted by Gasteiger charge is 2.10. The zero-order valence-corrected chi connectivity index (χ0v) is 10.7. The van der Waals surface area contributed by atoms with E-state index in [1.54, 1.807) is 24.3 Å². The second-order valence-corrected chi connectivity index (χ2v) is 5.84. The van der Waals surface area contributed by atoms with Crippen LogP contribution in [0.4, 0.5) is 0 Å². The van der Waals surface area contributed by atoms with Gasteiger partial charge in [0.2, 0.25) is 5.78 Å². The van der Waals surface area contributed by atoms with Crippen LogP contribution in [0.5, 0.6) is 0 Å². The number of hydrogen-bond donors (Lipinski definition) is 0. The van der Waals surface area contributed by atoms with Crippen molar-refractivity contribution >= 4 is 44.7 Å². The average Bonchev–Trinajstić information content (AvgIpc) is 2.65. The minimum atomic E-state index is 0.0300. The summed E-state index contributed by atoms with van der Waals surface area (Å²) >= 11 is 10.5. The van der Waals surface area contributed by atoms with Crippen LogP contribution in [0.15, 0.2) is 40.2 Å². The topological polar surface area (TPSA) is 17.1 Å². The Balaban J connectivity index is 2.32. The lowest BCUT2D eigenvalue weighted by molar-refractivity contribution is 0.104. The van der Waals surface area contributed by atoms with E-state index in [0.717, 1.165) is 8.66 Å². The fourth-order valence-corrected chi connectivity index (χ4v) is 2.65. The van der Waals surface area contributed by atoms with E-state index < -0.39 is 0 Å². The molecule has 0 saturated carbocycles. The lowest BCUT2D eigenvalue weighted by atomic mass is 10.1. The molecule has 0 aliphatic carbocycles. The van der Waals surface area contributed by atoms with E-state index in [4.69, 9.17) is 11.6 Å². The van der Waals surface area contributed by atoms with Gasteiger partial charge in [-0.3, -0.25) is 4.79 Å². The third-order valence-corrected chi connectivity index (χ3v) is 3.78. The highest BCUT2D eigenvalue weighted by molar-refractivity contribution is 9.11. The van der Waals surface area contributed by atoms with Gasteiger partial charge in [0.15, 0.2) is 0 Å². The molecule has 0 N–H and O–H groups in total. The molecule has 0 spiro atoms. The maximum Gasteiger partial charge on any atom is 0.202 e. The SMILES string of the molecule is O=C(c1ccc(Cl)cc1)c1ccc(Br)s1. The number of halogens is 2. The summed E-state index contributed by atoms with van der Waals surface area (Å²) in [6.07, 6.45) is 0. The Morgan fingerprint density at radius 2 is 1.80 bits per heavy atom. The number of hydrogen-bond acceptors (Lipinski definition) is 2. The summed E-state index contributed by atoms with van der Waals surface area (Å²) in [6.45, 7) is 0. The Hall–Kier alpha value is -0.640. The quantitative estimate of drug-likeness (QED) is 0.752. The molecule has 2 rings (SSSR count). The third kappa shape index (κ3) is 2.48. The van der Waals surface area contributed by atoms with Crippen molar-refractivity contribution in [3.05, 3.63) is 55.6 Å². The van der Waals surface area contributed by atoms with Crippen molar-refractivity contribution in [1.82, 2.24) is 0 Å². The number of thiophene rings is 1. The first-order chi connectivity index (χ1) is 7.16. The second-order valence-electron chi connectivity index (χ2n) is 2.94. The van der Waals surface area contributed by atoms with Crippen LogP contribution in [-0.4, -0.2) is 5.78 Å². The number of benzene rings is 1. The Morgan fingerprint density at radius 1 is 1.13 bits per heavy atom. The lowest BCUT2D eigenvalue weighted by Crippen LogP contribution is -1.97. The van der Waals surface area contributed by atoms with Crippen LogP contribution in [0, 0.1) is 0 Å². The summed E-state index contributed by atoms with van der Waals surface area (Å²) in [5, 5.41) is 0.638. The molecule has 0 amide bonds. The van der Waals surface area contributed by atoms with Gasteiger partial charge in [0, 0.05) is 10.6 Å². The van der Waals surface area contributed by atoms with Gasteiger partial charge in [0.1, 0.15) is 0 Å². The number of ketones is 1. The minimum Gasteiger partial charge on any atom is -0.288 e. The minimum absolute atomic E-state index is 0.0300. The van der Waals surface area contributed by atoms with Crippen molar-refractivity contribution in [3.8, 4) is 0 Å². The number of carbonyl (C=O) groups is 1. The van der Waals surface area contributed by atoms with Crippen molar-refractivity contribution in [2.45, 2.75) is 0 Å². The molecule has 0 aliphatic rings. The summed E-state index contributed by atoms with van der Waals surface area (Å²) in [6, 6.07) is 10.6. The van der Waals surface area contributed by atoms with Crippen LogP contribution in [0.25, 0.3) is 0 Å². The van der Waals surface area contributed by atoms with Gasteiger partial charge in [-0.2, -0.15) is 0 Å². The molecule has 0 radical (unpaired) electrons. The van der Waals surface area contributed by atoms with Crippen molar-refractivity contribution in [1.29, 1.82) is 0 Å². The smallest absolute Gasteiger partial charge is 0.202 e. The van der Waals surface area contributed by atoms with Crippen LogP contribution in [0.3, 0.4) is 0 Å². The first kappa shape index (κ1) is 10.9. The zero-order valence-electron chi connectivity index (χ0n) is 7.54. The highest BCUT2D eigenvalue weighted by Crippen LogP contribution is 2.24. The van der Waals surface area contributed by atoms with Gasteiger partial charge in [-0.15, -0.1) is 11.3 Å². The summed E-state index contributed by atoms with van der Waals surface area (Å²) in [5.74, 6) is 0.0300. The first-order valence-electron chi connectivity index (χ1n) is 4.22. The summed E-state index contributed by atoms with van der Waals surface area (Å²) in [4.78, 5) is 12.6. The Labute approximate surface area is 105 Å². The van der Waals surface area contributed by atoms with Gasteiger partial charge < -0.3 is 0 Å². The zero-order chi connectivity index (χ0) is 10.8. The van der Waals surface area contributed by atoms with Gasteiger partial charge >= 0.3 is 0 Å². The van der Waals surface area contributed by atoms with Crippen LogP contribution in [0.2, 0.25) is 5.02 Å². The fraction of sp³-hybridized carbons (Fsp3) is 0. The van der Waals surface area contributed by atoms with Gasteiger partial charge in [-0.1, -0.05) is 11.6 Å². The molecule has 1 aromatic heterocycles. The Morgan fingerprint density at radius 3 is 2.33 bits per heavy atom. The molecule has 0 bridgehead atoms. The van der Waals surface area contributed by atoms with Crippen molar-refractivity contribution in [2.24, 2.45) is 0 Å². The summed E-state index contributed by atoms with van der Waals surface area (Å²) in [7, 11) is 0. The maximum atomic E-state index is 11.9. The number of rotatable bonds is 2. The molecule has 0 atom stereocenters. The van der Waals surface area contributed by atoms with E-state index in [9.17, 15) is 4.79 Å². The molecule has 15 heavy (non-hydrogen) atoms. The molecule has 4 heteroatoms. The van der Waals surface area contributed by atoms with Crippen molar-refractivity contribution in [3.63, 3.8) is 0 Å². The monoisotopic (exact) mass is 300 g/mol. The molecule has 2 aromatic rings. The van der Waals surface area contributed by atoms with E-state index in [1.807, 2.05) is 12.1 Å². The average molecular weight is 302 g/mol. The van der Waals surface area contributed by atoms with Crippen LogP contribution in [0.1, 0.15) is 15.2 Å². The van der Waals surface area contributed by atoms with Gasteiger partial charge in [-0.25, -0.2) is 0 Å². The normalized spacial score (nSPS) is 10.3. The molecule has 1 nitrogen and oxygen atoms in total. The lowest BCUT2D eigenvalue weighted by Gasteiger charge is -1.97. The molecular weight excluding hydrogens is 296 g/mol. The molecular formula is C11H6BrClOS. The predicted molar refractivity (Wildman–Crippen MR) is 66.9 cm³/mol. The molecule has 0 aliphatic heterocycles. The summed E-state index contributed by atoms with van der Waals surface area (Å²) in [5.41, 5.74) is 0.661. The molecule has 1 aromatic carbocycles. The number of carbonyl (C=O) groups excluding carboxylic acids is 1. The van der Waals surface area contributed by atoms with Crippen LogP contribution >= 0.6 is 38.9 Å². The second kappa shape index (κ2) is 4.47. The largest absolute Gasteiger partial charge is 0.288 e. The van der Waals surface area contributed by atoms with E-state index in [2.05, 4.69) is 15.9 Å². The standard InChI is InChI=1S/C11H6BrClOS/c12-10-6-5-9(15-10)11(14)7-1-3-8(13)4-2-7/h1-6H. The Kier molecular flexibility index (Phi) is 3.24. The van der Waals surface area contributed by atoms with E-state index in [-0.39, 0.29) is 5.78 Å². The molecule has 1 heterocycles. The van der Waals surface area contributed by atoms with Gasteiger partial charge in [-0.05, 0) is 52.3 Å². The van der Waals surface area contributed by atoms with Crippen LogP contribution in [-0.2, 0) is 0 Å². The van der Waals surface area contributed by atoms with E-state index >= 15 is 0 Å². The maximum absolute atomic E-state index is 11.9. The van der Waals surface area contributed by atoms with Crippen molar-refractivity contribution in [2.75, 3.05) is 0 Å². The molecule has 0 saturated heterocycles. The first-order valence-corrected chi connectivity index (χ1v) is 6.21. The van der Waals surface area contributed by atoms with Crippen LogP contribution < -0.4 is 0 Å². The summed E-state index contributed by atoms with van der Waals surface area (Å²) < 4.78 is 0.958. The molecule has 76 valence electrons. The molecule has 0 unspecified atom stereocenters. The fourth-order valence-electron chi connectivity index (χ4n) is 1.18. The van der Waals surface area contributed by atoms with Gasteiger partial charge in [0.05, 0.1) is 8.66 Å². The Bertz CT molecular complexity index is 490. The molecule has 0 fully saturated rings. The highest BCUT2D eigenvalue weighted by atomic mass is 79.9.